The van der Waals surface area contributed by atoms with Crippen molar-refractivity contribution in [3.05, 3.63) is 34.4 Å². The summed E-state index contributed by atoms with van der Waals surface area (Å²) in [5.41, 5.74) is 1.11. The number of non-ortho nitro benzene ring substituents is 1. The Bertz CT molecular complexity index is 626. The van der Waals surface area contributed by atoms with Gasteiger partial charge in [-0.25, -0.2) is 0 Å². The SMILES string of the molecule is C[C@H]1CCCC[C@H]1NC(=O)CN1CCN(c2ccc([N+](=O)[O-])cc2)CC1. The third-order valence-electron chi connectivity index (χ3n) is 5.62. The van der Waals surface area contributed by atoms with Crippen LogP contribution in [-0.2, 0) is 4.79 Å². The van der Waals surface area contributed by atoms with Crippen molar-refractivity contribution in [2.24, 2.45) is 5.92 Å². The first-order valence-electron chi connectivity index (χ1n) is 9.54. The van der Waals surface area contributed by atoms with Crippen LogP contribution in [0.3, 0.4) is 0 Å². The molecule has 3 rings (SSSR count). The topological polar surface area (TPSA) is 78.7 Å². The maximum absolute atomic E-state index is 12.3. The molecule has 2 fully saturated rings. The van der Waals surface area contributed by atoms with Crippen LogP contribution >= 0.6 is 0 Å². The van der Waals surface area contributed by atoms with Crippen molar-refractivity contribution >= 4 is 17.3 Å². The minimum Gasteiger partial charge on any atom is -0.369 e. The molecule has 1 aromatic carbocycles. The lowest BCUT2D eigenvalue weighted by Gasteiger charge is -2.36. The molecule has 0 aromatic heterocycles. The molecule has 7 heteroatoms. The van der Waals surface area contributed by atoms with Crippen LogP contribution < -0.4 is 10.2 Å². The van der Waals surface area contributed by atoms with Gasteiger partial charge in [0.1, 0.15) is 0 Å². The fraction of sp³-hybridized carbons (Fsp3) is 0.632. The standard InChI is InChI=1S/C19H28N4O3/c1-15-4-2-3-5-18(15)20-19(24)14-21-10-12-22(13-11-21)16-6-8-17(9-7-16)23(25)26/h6-9,15,18H,2-5,10-14H2,1H3,(H,20,24)/t15-,18+/m0/s1. The first-order chi connectivity index (χ1) is 12.5. The molecule has 7 nitrogen and oxygen atoms in total. The van der Waals surface area contributed by atoms with E-state index in [-0.39, 0.29) is 16.5 Å². The van der Waals surface area contributed by atoms with Crippen LogP contribution in [0.1, 0.15) is 32.6 Å². The van der Waals surface area contributed by atoms with Gasteiger partial charge in [-0.1, -0.05) is 19.8 Å². The third-order valence-corrected chi connectivity index (χ3v) is 5.62. The van der Waals surface area contributed by atoms with Crippen molar-refractivity contribution in [3.8, 4) is 0 Å². The number of nitro benzene ring substituents is 1. The van der Waals surface area contributed by atoms with Crippen LogP contribution in [0.25, 0.3) is 0 Å². The summed E-state index contributed by atoms with van der Waals surface area (Å²) in [5, 5.41) is 14.0. The number of benzene rings is 1. The molecule has 1 N–H and O–H groups in total. The van der Waals surface area contributed by atoms with Crippen molar-refractivity contribution in [3.63, 3.8) is 0 Å². The van der Waals surface area contributed by atoms with Crippen molar-refractivity contribution < 1.29 is 9.72 Å². The van der Waals surface area contributed by atoms with E-state index in [4.69, 9.17) is 0 Å². The van der Waals surface area contributed by atoms with E-state index >= 15 is 0 Å². The maximum atomic E-state index is 12.3. The van der Waals surface area contributed by atoms with Gasteiger partial charge in [-0.05, 0) is 30.9 Å². The van der Waals surface area contributed by atoms with E-state index in [2.05, 4.69) is 22.0 Å². The highest BCUT2D eigenvalue weighted by molar-refractivity contribution is 5.78. The molecule has 26 heavy (non-hydrogen) atoms. The van der Waals surface area contributed by atoms with Crippen LogP contribution in [0.2, 0.25) is 0 Å². The van der Waals surface area contributed by atoms with E-state index in [1.807, 2.05) is 0 Å². The van der Waals surface area contributed by atoms with Crippen LogP contribution in [0.15, 0.2) is 24.3 Å². The van der Waals surface area contributed by atoms with Crippen LogP contribution in [0.4, 0.5) is 11.4 Å². The Balaban J connectivity index is 1.44. The van der Waals surface area contributed by atoms with E-state index in [0.717, 1.165) is 38.3 Å². The summed E-state index contributed by atoms with van der Waals surface area (Å²) in [5.74, 6) is 0.708. The van der Waals surface area contributed by atoms with Gasteiger partial charge in [-0.15, -0.1) is 0 Å². The van der Waals surface area contributed by atoms with Gasteiger partial charge in [0, 0.05) is 50.0 Å². The molecular formula is C19H28N4O3. The molecule has 1 amide bonds. The second-order valence-corrected chi connectivity index (χ2v) is 7.47. The summed E-state index contributed by atoms with van der Waals surface area (Å²) in [4.78, 5) is 27.1. The van der Waals surface area contributed by atoms with Gasteiger partial charge in [0.15, 0.2) is 0 Å². The molecule has 2 aliphatic rings. The summed E-state index contributed by atoms with van der Waals surface area (Å²) in [7, 11) is 0. The smallest absolute Gasteiger partial charge is 0.269 e. The summed E-state index contributed by atoms with van der Waals surface area (Å²) in [6.45, 7) is 5.98. The lowest BCUT2D eigenvalue weighted by Crippen LogP contribution is -2.51. The van der Waals surface area contributed by atoms with Crippen LogP contribution in [-0.4, -0.2) is 54.5 Å². The van der Waals surface area contributed by atoms with Crippen LogP contribution in [0, 0.1) is 16.0 Å². The monoisotopic (exact) mass is 360 g/mol. The molecule has 1 saturated carbocycles. The van der Waals surface area contributed by atoms with Gasteiger partial charge in [-0.3, -0.25) is 19.8 Å². The lowest BCUT2D eigenvalue weighted by atomic mass is 9.86. The molecule has 0 unspecified atom stereocenters. The molecule has 1 aliphatic carbocycles. The van der Waals surface area contributed by atoms with E-state index in [1.165, 1.54) is 19.3 Å². The second kappa shape index (κ2) is 8.49. The number of rotatable bonds is 5. The molecule has 1 saturated heterocycles. The average molecular weight is 360 g/mol. The highest BCUT2D eigenvalue weighted by Crippen LogP contribution is 2.24. The number of hydrogen-bond acceptors (Lipinski definition) is 5. The first-order valence-corrected chi connectivity index (χ1v) is 9.54. The molecule has 142 valence electrons. The van der Waals surface area contributed by atoms with Gasteiger partial charge in [-0.2, -0.15) is 0 Å². The first kappa shape index (κ1) is 18.6. The fourth-order valence-corrected chi connectivity index (χ4v) is 3.94. The van der Waals surface area contributed by atoms with E-state index < -0.39 is 0 Å². The van der Waals surface area contributed by atoms with E-state index in [9.17, 15) is 14.9 Å². The zero-order chi connectivity index (χ0) is 18.5. The average Bonchev–Trinajstić information content (AvgIpc) is 2.64. The normalized spacial score (nSPS) is 24.3. The number of amides is 1. The number of anilines is 1. The maximum Gasteiger partial charge on any atom is 0.269 e. The fourth-order valence-electron chi connectivity index (χ4n) is 3.94. The number of piperazine rings is 1. The molecule has 1 heterocycles. The van der Waals surface area contributed by atoms with Gasteiger partial charge in [0.25, 0.3) is 5.69 Å². The van der Waals surface area contributed by atoms with Gasteiger partial charge < -0.3 is 10.2 Å². The van der Waals surface area contributed by atoms with Gasteiger partial charge in [0.2, 0.25) is 5.91 Å². The lowest BCUT2D eigenvalue weighted by molar-refractivity contribution is -0.384. The summed E-state index contributed by atoms with van der Waals surface area (Å²) < 4.78 is 0. The Kier molecular flexibility index (Phi) is 6.08. The van der Waals surface area contributed by atoms with Crippen molar-refractivity contribution in [1.29, 1.82) is 0 Å². The molecule has 1 aromatic rings. The van der Waals surface area contributed by atoms with Crippen molar-refractivity contribution in [1.82, 2.24) is 10.2 Å². The molecular weight excluding hydrogens is 332 g/mol. The third kappa shape index (κ3) is 4.72. The predicted octanol–water partition coefficient (Wildman–Crippen LogP) is 2.41. The zero-order valence-electron chi connectivity index (χ0n) is 15.4. The highest BCUT2D eigenvalue weighted by atomic mass is 16.6. The summed E-state index contributed by atoms with van der Waals surface area (Å²) in [6, 6.07) is 7.01. The van der Waals surface area contributed by atoms with E-state index in [0.29, 0.717) is 18.5 Å². The number of carbonyl (C=O) groups excluding carboxylic acids is 1. The van der Waals surface area contributed by atoms with Gasteiger partial charge in [0.05, 0.1) is 11.5 Å². The van der Waals surface area contributed by atoms with Gasteiger partial charge >= 0.3 is 0 Å². The number of nitrogens with zero attached hydrogens (tertiary/aromatic N) is 3. The number of nitro groups is 1. The van der Waals surface area contributed by atoms with Crippen molar-refractivity contribution in [2.45, 2.75) is 38.6 Å². The second-order valence-electron chi connectivity index (χ2n) is 7.47. The summed E-state index contributed by atoms with van der Waals surface area (Å²) in [6.07, 6.45) is 4.79. The predicted molar refractivity (Wildman–Crippen MR) is 101 cm³/mol. The molecule has 0 spiro atoms. The Hall–Kier alpha value is -2.15. The van der Waals surface area contributed by atoms with Crippen LogP contribution in [0.5, 0.6) is 0 Å². The molecule has 1 aliphatic heterocycles. The number of carbonyl (C=O) groups is 1. The minimum atomic E-state index is -0.381. The Morgan fingerprint density at radius 3 is 2.42 bits per heavy atom. The Morgan fingerprint density at radius 1 is 1.15 bits per heavy atom. The van der Waals surface area contributed by atoms with E-state index in [1.54, 1.807) is 24.3 Å². The summed E-state index contributed by atoms with van der Waals surface area (Å²) >= 11 is 0. The quantitative estimate of drug-likeness (QED) is 0.644. The highest BCUT2D eigenvalue weighted by Gasteiger charge is 2.25. The number of nitrogens with one attached hydrogen (secondary N) is 1. The molecule has 0 bridgehead atoms. The molecule has 2 atom stereocenters. The minimum absolute atomic E-state index is 0.112. The largest absolute Gasteiger partial charge is 0.369 e. The zero-order valence-corrected chi connectivity index (χ0v) is 15.4. The molecule has 0 radical (unpaired) electrons. The number of hydrogen-bond donors (Lipinski definition) is 1. The Morgan fingerprint density at radius 2 is 1.81 bits per heavy atom. The van der Waals surface area contributed by atoms with Crippen molar-refractivity contribution in [2.75, 3.05) is 37.6 Å². The Labute approximate surface area is 154 Å².